The third-order valence-electron chi connectivity index (χ3n) is 3.45. The maximum Gasteiger partial charge on any atom is 0.254 e. The van der Waals surface area contributed by atoms with Gasteiger partial charge in [0.15, 0.2) is 0 Å². The van der Waals surface area contributed by atoms with E-state index in [1.807, 2.05) is 44.9 Å². The van der Waals surface area contributed by atoms with Crippen molar-refractivity contribution < 1.29 is 9.53 Å². The number of ether oxygens (including phenoxy) is 1. The molecule has 2 atom stereocenters. The van der Waals surface area contributed by atoms with E-state index < -0.39 is 0 Å². The second kappa shape index (κ2) is 6.22. The lowest BCUT2D eigenvalue weighted by molar-refractivity contribution is -0.0586. The largest absolute Gasteiger partial charge is 0.373 e. The molecule has 0 aromatic carbocycles. The van der Waals surface area contributed by atoms with E-state index in [2.05, 4.69) is 10.3 Å². The zero-order chi connectivity index (χ0) is 14.7. The zero-order valence-electron chi connectivity index (χ0n) is 12.6. The third kappa shape index (κ3) is 3.28. The molecule has 0 radical (unpaired) electrons. The molecule has 0 aliphatic carbocycles. The van der Waals surface area contributed by atoms with Gasteiger partial charge in [0.05, 0.1) is 12.2 Å². The van der Waals surface area contributed by atoms with Gasteiger partial charge in [-0.15, -0.1) is 0 Å². The number of carbonyl (C=O) groups excluding carboxylic acids is 1. The molecule has 20 heavy (non-hydrogen) atoms. The van der Waals surface area contributed by atoms with Crippen molar-refractivity contribution >= 4 is 11.7 Å². The Bertz CT molecular complexity index is 458. The number of nitrogens with zero attached hydrogens (tertiary/aromatic N) is 2. The summed E-state index contributed by atoms with van der Waals surface area (Å²) in [6, 6.07) is 3.69. The predicted molar refractivity (Wildman–Crippen MR) is 79.1 cm³/mol. The second-order valence-corrected chi connectivity index (χ2v) is 5.30. The first-order valence-corrected chi connectivity index (χ1v) is 7.17. The molecule has 2 rings (SSSR count). The Morgan fingerprint density at radius 1 is 1.40 bits per heavy atom. The van der Waals surface area contributed by atoms with Crippen molar-refractivity contribution in [2.45, 2.75) is 39.4 Å². The van der Waals surface area contributed by atoms with Crippen LogP contribution in [-0.2, 0) is 11.2 Å². The highest BCUT2D eigenvalue weighted by Crippen LogP contribution is 2.17. The van der Waals surface area contributed by atoms with Gasteiger partial charge in [0.25, 0.3) is 5.91 Å². The molecular weight excluding hydrogens is 254 g/mol. The molecule has 0 bridgehead atoms. The van der Waals surface area contributed by atoms with Crippen LogP contribution in [0.25, 0.3) is 0 Å². The molecule has 110 valence electrons. The summed E-state index contributed by atoms with van der Waals surface area (Å²) in [5, 5.41) is 3.01. The molecule has 1 saturated heterocycles. The number of pyridine rings is 1. The van der Waals surface area contributed by atoms with Gasteiger partial charge in [0.2, 0.25) is 0 Å². The highest BCUT2D eigenvalue weighted by Gasteiger charge is 2.27. The lowest BCUT2D eigenvalue weighted by Gasteiger charge is -2.35. The van der Waals surface area contributed by atoms with Crippen LogP contribution in [0.3, 0.4) is 0 Å². The molecule has 5 nitrogen and oxygen atoms in total. The Kier molecular flexibility index (Phi) is 4.60. The van der Waals surface area contributed by atoms with Crippen molar-refractivity contribution in [3.8, 4) is 0 Å². The van der Waals surface area contributed by atoms with Crippen molar-refractivity contribution in [2.75, 3.05) is 25.5 Å². The van der Waals surface area contributed by atoms with Crippen molar-refractivity contribution in [2.24, 2.45) is 0 Å². The minimum Gasteiger partial charge on any atom is -0.373 e. The molecular formula is C15H23N3O2. The highest BCUT2D eigenvalue weighted by atomic mass is 16.5. The van der Waals surface area contributed by atoms with E-state index >= 15 is 0 Å². The van der Waals surface area contributed by atoms with Gasteiger partial charge >= 0.3 is 0 Å². The van der Waals surface area contributed by atoms with E-state index in [0.29, 0.717) is 18.7 Å². The average molecular weight is 277 g/mol. The lowest BCUT2D eigenvalue weighted by Crippen LogP contribution is -2.48. The van der Waals surface area contributed by atoms with Crippen LogP contribution in [-0.4, -0.2) is 48.1 Å². The molecule has 0 spiro atoms. The van der Waals surface area contributed by atoms with Gasteiger partial charge < -0.3 is 15.0 Å². The highest BCUT2D eigenvalue weighted by molar-refractivity contribution is 5.95. The van der Waals surface area contributed by atoms with E-state index in [-0.39, 0.29) is 18.1 Å². The average Bonchev–Trinajstić information content (AvgIpc) is 2.44. The van der Waals surface area contributed by atoms with Gasteiger partial charge in [-0.1, -0.05) is 6.92 Å². The number of hydrogen-bond donors (Lipinski definition) is 1. The number of carbonyl (C=O) groups is 1. The van der Waals surface area contributed by atoms with E-state index in [1.165, 1.54) is 0 Å². The molecule has 1 aromatic rings. The second-order valence-electron chi connectivity index (χ2n) is 5.30. The van der Waals surface area contributed by atoms with Crippen molar-refractivity contribution in [3.63, 3.8) is 0 Å². The van der Waals surface area contributed by atoms with Crippen LogP contribution >= 0.6 is 0 Å². The lowest BCUT2D eigenvalue weighted by atomic mass is 10.1. The Morgan fingerprint density at radius 3 is 2.60 bits per heavy atom. The van der Waals surface area contributed by atoms with E-state index in [1.54, 1.807) is 0 Å². The standard InChI is InChI=1S/C15H23N3O2/c1-5-13-6-12(7-14(16-4)17-13)15(19)18-8-10(2)20-11(3)9-18/h6-7,10-11H,5,8-9H2,1-4H3,(H,16,17). The smallest absolute Gasteiger partial charge is 0.254 e. The summed E-state index contributed by atoms with van der Waals surface area (Å²) in [5.41, 5.74) is 1.62. The SMILES string of the molecule is CCc1cc(C(=O)N2CC(C)OC(C)C2)cc(NC)n1. The minimum absolute atomic E-state index is 0.0561. The monoisotopic (exact) mass is 277 g/mol. The Hall–Kier alpha value is -1.62. The molecule has 0 saturated carbocycles. The predicted octanol–water partition coefficient (Wildman–Crippen LogP) is 1.94. The number of hydrogen-bond acceptors (Lipinski definition) is 4. The fraction of sp³-hybridized carbons (Fsp3) is 0.600. The van der Waals surface area contributed by atoms with Crippen LogP contribution in [0.4, 0.5) is 5.82 Å². The molecule has 1 aliphatic heterocycles. The summed E-state index contributed by atoms with van der Waals surface area (Å²) in [6.45, 7) is 7.32. The summed E-state index contributed by atoms with van der Waals surface area (Å²) in [7, 11) is 1.81. The minimum atomic E-state index is 0.0561. The maximum atomic E-state index is 12.6. The van der Waals surface area contributed by atoms with Gasteiger partial charge in [0, 0.05) is 31.4 Å². The normalized spacial score (nSPS) is 22.7. The molecule has 1 aromatic heterocycles. The molecule has 2 heterocycles. The number of amides is 1. The van der Waals surface area contributed by atoms with Crippen LogP contribution in [0.2, 0.25) is 0 Å². The Labute approximate surface area is 120 Å². The van der Waals surface area contributed by atoms with Gasteiger partial charge in [-0.3, -0.25) is 4.79 Å². The van der Waals surface area contributed by atoms with Gasteiger partial charge in [-0.25, -0.2) is 4.98 Å². The number of nitrogens with one attached hydrogen (secondary N) is 1. The van der Waals surface area contributed by atoms with Crippen molar-refractivity contribution in [3.05, 3.63) is 23.4 Å². The zero-order valence-corrected chi connectivity index (χ0v) is 12.6. The van der Waals surface area contributed by atoms with Crippen LogP contribution in [0.5, 0.6) is 0 Å². The Morgan fingerprint density at radius 2 is 2.05 bits per heavy atom. The van der Waals surface area contributed by atoms with Gasteiger partial charge in [-0.2, -0.15) is 0 Å². The van der Waals surface area contributed by atoms with Gasteiger partial charge in [0.1, 0.15) is 5.82 Å². The molecule has 1 amide bonds. The van der Waals surface area contributed by atoms with Crippen LogP contribution in [0.1, 0.15) is 36.8 Å². The quantitative estimate of drug-likeness (QED) is 0.917. The van der Waals surface area contributed by atoms with E-state index in [4.69, 9.17) is 4.74 Å². The molecule has 1 fully saturated rings. The fourth-order valence-electron chi connectivity index (χ4n) is 2.55. The summed E-state index contributed by atoms with van der Waals surface area (Å²) in [5.74, 6) is 0.794. The van der Waals surface area contributed by atoms with Crippen molar-refractivity contribution in [1.82, 2.24) is 9.88 Å². The van der Waals surface area contributed by atoms with Crippen LogP contribution in [0, 0.1) is 0 Å². The number of aromatic nitrogens is 1. The summed E-state index contributed by atoms with van der Waals surface area (Å²) >= 11 is 0. The molecule has 5 heteroatoms. The van der Waals surface area contributed by atoms with E-state index in [9.17, 15) is 4.79 Å². The summed E-state index contributed by atoms with van der Waals surface area (Å²) in [4.78, 5) is 18.9. The number of aryl methyl sites for hydroxylation is 1. The first kappa shape index (κ1) is 14.8. The van der Waals surface area contributed by atoms with Crippen molar-refractivity contribution in [1.29, 1.82) is 0 Å². The number of anilines is 1. The molecule has 1 N–H and O–H groups in total. The number of rotatable bonds is 3. The Balaban J connectivity index is 2.23. The van der Waals surface area contributed by atoms with Crippen LogP contribution in [0.15, 0.2) is 12.1 Å². The number of morpholine rings is 1. The first-order valence-electron chi connectivity index (χ1n) is 7.17. The van der Waals surface area contributed by atoms with Gasteiger partial charge in [-0.05, 0) is 32.4 Å². The topological polar surface area (TPSA) is 54.5 Å². The fourth-order valence-corrected chi connectivity index (χ4v) is 2.55. The summed E-state index contributed by atoms with van der Waals surface area (Å²) in [6.07, 6.45) is 0.976. The third-order valence-corrected chi connectivity index (χ3v) is 3.45. The van der Waals surface area contributed by atoms with Crippen LogP contribution < -0.4 is 5.32 Å². The molecule has 1 aliphatic rings. The molecule has 2 unspecified atom stereocenters. The maximum absolute atomic E-state index is 12.6. The summed E-state index contributed by atoms with van der Waals surface area (Å²) < 4.78 is 5.67. The first-order chi connectivity index (χ1) is 9.53. The van der Waals surface area contributed by atoms with E-state index in [0.717, 1.165) is 17.9 Å².